The predicted octanol–water partition coefficient (Wildman–Crippen LogP) is 0.659. The Hall–Kier alpha value is -1.19. The smallest absolute Gasteiger partial charge is 0.123 e. The van der Waals surface area contributed by atoms with E-state index in [1.165, 1.54) is 6.34 Å². The van der Waals surface area contributed by atoms with Crippen LogP contribution in [-0.2, 0) is 4.79 Å². The predicted molar refractivity (Wildman–Crippen MR) is 55.4 cm³/mol. The number of aliphatic imine (C=N–C) groups is 2. The van der Waals surface area contributed by atoms with E-state index in [-0.39, 0.29) is 5.92 Å². The molecule has 0 aliphatic rings. The molecule has 0 rings (SSSR count). The number of carbonyl (C=O) groups excluding carboxylic acids is 1. The van der Waals surface area contributed by atoms with Crippen molar-refractivity contribution in [3.63, 3.8) is 0 Å². The van der Waals surface area contributed by atoms with Gasteiger partial charge in [0.1, 0.15) is 6.29 Å². The highest BCUT2D eigenvalue weighted by molar-refractivity contribution is 5.55. The van der Waals surface area contributed by atoms with Crippen molar-refractivity contribution in [2.24, 2.45) is 21.6 Å². The van der Waals surface area contributed by atoms with Gasteiger partial charge < -0.3 is 10.5 Å². The first kappa shape index (κ1) is 11.8. The fourth-order valence-corrected chi connectivity index (χ4v) is 0.965. The molecular formula is C9H17N3O. The van der Waals surface area contributed by atoms with Crippen LogP contribution in [0.25, 0.3) is 0 Å². The minimum Gasteiger partial charge on any atom is -0.390 e. The van der Waals surface area contributed by atoms with Crippen LogP contribution in [-0.4, -0.2) is 31.9 Å². The van der Waals surface area contributed by atoms with Crippen molar-refractivity contribution in [1.82, 2.24) is 0 Å². The maximum Gasteiger partial charge on any atom is 0.123 e. The van der Waals surface area contributed by atoms with E-state index in [9.17, 15) is 4.79 Å². The summed E-state index contributed by atoms with van der Waals surface area (Å²) < 4.78 is 0. The maximum absolute atomic E-state index is 10.6. The summed E-state index contributed by atoms with van der Waals surface area (Å²) in [4.78, 5) is 18.4. The van der Waals surface area contributed by atoms with Gasteiger partial charge in [-0.05, 0) is 26.0 Å². The topological polar surface area (TPSA) is 67.8 Å². The van der Waals surface area contributed by atoms with Gasteiger partial charge in [-0.1, -0.05) is 0 Å². The van der Waals surface area contributed by atoms with Crippen molar-refractivity contribution in [3.8, 4) is 0 Å². The van der Waals surface area contributed by atoms with E-state index in [1.807, 2.05) is 6.92 Å². The lowest BCUT2D eigenvalue weighted by molar-refractivity contribution is -0.111. The second kappa shape index (κ2) is 8.90. The minimum absolute atomic E-state index is 0.0624. The molecule has 4 nitrogen and oxygen atoms in total. The van der Waals surface area contributed by atoms with Gasteiger partial charge in [0.15, 0.2) is 0 Å². The Morgan fingerprint density at radius 2 is 1.92 bits per heavy atom. The van der Waals surface area contributed by atoms with Gasteiger partial charge in [0.25, 0.3) is 0 Å². The average Bonchev–Trinajstić information content (AvgIpc) is 2.16. The molecule has 2 N–H and O–H groups in total. The summed E-state index contributed by atoms with van der Waals surface area (Å²) >= 11 is 0. The molecule has 0 radical (unpaired) electrons. The van der Waals surface area contributed by atoms with Gasteiger partial charge in [0.2, 0.25) is 0 Å². The van der Waals surface area contributed by atoms with Gasteiger partial charge in [-0.25, -0.2) is 0 Å². The van der Waals surface area contributed by atoms with Crippen LogP contribution in [0.4, 0.5) is 0 Å². The lowest BCUT2D eigenvalue weighted by Crippen LogP contribution is -2.06. The van der Waals surface area contributed by atoms with Gasteiger partial charge in [0.05, 0.1) is 6.34 Å². The molecule has 0 saturated carbocycles. The zero-order valence-electron chi connectivity index (χ0n) is 8.02. The number of nitrogens with zero attached hydrogens (tertiary/aromatic N) is 2. The van der Waals surface area contributed by atoms with Crippen LogP contribution in [0.2, 0.25) is 0 Å². The zero-order valence-corrected chi connectivity index (χ0v) is 8.02. The fraction of sp³-hybridized carbons (Fsp3) is 0.667. The molecule has 0 aromatic rings. The molecule has 4 heteroatoms. The summed E-state index contributed by atoms with van der Waals surface area (Å²) in [6.45, 7) is 3.20. The van der Waals surface area contributed by atoms with Crippen LogP contribution in [0.15, 0.2) is 9.98 Å². The van der Waals surface area contributed by atoms with E-state index >= 15 is 0 Å². The maximum atomic E-state index is 10.6. The second-order valence-corrected chi connectivity index (χ2v) is 2.69. The van der Waals surface area contributed by atoms with Crippen molar-refractivity contribution in [1.29, 1.82) is 0 Å². The number of nitrogens with two attached hydrogens (primary N) is 1. The molecule has 0 amide bonds. The Morgan fingerprint density at radius 1 is 1.31 bits per heavy atom. The van der Waals surface area contributed by atoms with Gasteiger partial charge in [0, 0.05) is 19.0 Å². The molecule has 0 aliphatic carbocycles. The van der Waals surface area contributed by atoms with Crippen LogP contribution < -0.4 is 5.73 Å². The molecule has 0 aromatic carbocycles. The summed E-state index contributed by atoms with van der Waals surface area (Å²) in [7, 11) is 0. The Kier molecular flexibility index (Phi) is 8.09. The van der Waals surface area contributed by atoms with Crippen molar-refractivity contribution in [3.05, 3.63) is 0 Å². The van der Waals surface area contributed by atoms with Gasteiger partial charge >= 0.3 is 0 Å². The molecular weight excluding hydrogens is 166 g/mol. The Balaban J connectivity index is 3.56. The van der Waals surface area contributed by atoms with Crippen molar-refractivity contribution >= 4 is 18.8 Å². The molecule has 0 spiro atoms. The largest absolute Gasteiger partial charge is 0.390 e. The zero-order chi connectivity index (χ0) is 9.94. The van der Waals surface area contributed by atoms with Gasteiger partial charge in [-0.3, -0.25) is 9.98 Å². The van der Waals surface area contributed by atoms with E-state index in [2.05, 4.69) is 9.98 Å². The van der Waals surface area contributed by atoms with Crippen molar-refractivity contribution in [2.45, 2.75) is 19.8 Å². The van der Waals surface area contributed by atoms with E-state index in [1.54, 1.807) is 6.21 Å². The summed E-state index contributed by atoms with van der Waals surface area (Å²) in [5.41, 5.74) is 5.07. The SMILES string of the molecule is CC=NCCC(C=O)CCN=CN. The first-order chi connectivity index (χ1) is 6.35. The molecule has 0 aromatic heterocycles. The monoisotopic (exact) mass is 183 g/mol. The van der Waals surface area contributed by atoms with E-state index in [0.717, 1.165) is 19.1 Å². The lowest BCUT2D eigenvalue weighted by Gasteiger charge is -2.05. The highest BCUT2D eigenvalue weighted by Gasteiger charge is 2.04. The molecule has 13 heavy (non-hydrogen) atoms. The first-order valence-electron chi connectivity index (χ1n) is 4.45. The molecule has 0 bridgehead atoms. The summed E-state index contributed by atoms with van der Waals surface area (Å²) in [5.74, 6) is 0.0624. The van der Waals surface area contributed by atoms with E-state index < -0.39 is 0 Å². The van der Waals surface area contributed by atoms with Crippen molar-refractivity contribution in [2.75, 3.05) is 13.1 Å². The summed E-state index contributed by atoms with van der Waals surface area (Å²) in [6, 6.07) is 0. The third-order valence-corrected chi connectivity index (χ3v) is 1.74. The Bertz CT molecular complexity index is 162. The van der Waals surface area contributed by atoms with Crippen LogP contribution in [0, 0.1) is 5.92 Å². The lowest BCUT2D eigenvalue weighted by atomic mass is 10.0. The molecule has 1 unspecified atom stereocenters. The van der Waals surface area contributed by atoms with Gasteiger partial charge in [-0.15, -0.1) is 0 Å². The number of hydrogen-bond donors (Lipinski definition) is 1. The van der Waals surface area contributed by atoms with Gasteiger partial charge in [-0.2, -0.15) is 0 Å². The molecule has 0 fully saturated rings. The molecule has 0 saturated heterocycles. The third kappa shape index (κ3) is 7.18. The Labute approximate surface area is 79.0 Å². The normalized spacial score (nSPS) is 13.9. The number of hydrogen-bond acceptors (Lipinski definition) is 3. The first-order valence-corrected chi connectivity index (χ1v) is 4.45. The summed E-state index contributed by atoms with van der Waals surface area (Å²) in [6.07, 6.45) is 5.55. The minimum atomic E-state index is 0.0624. The third-order valence-electron chi connectivity index (χ3n) is 1.74. The standard InChI is InChI=1S/C9H17N3O/c1-2-11-5-3-9(7-13)4-6-12-8-10/h2,7-9H,3-6H2,1H3,(H2,10,12). The summed E-state index contributed by atoms with van der Waals surface area (Å²) in [5, 5.41) is 0. The number of rotatable bonds is 7. The Morgan fingerprint density at radius 3 is 2.38 bits per heavy atom. The van der Waals surface area contributed by atoms with Crippen LogP contribution in [0.3, 0.4) is 0 Å². The van der Waals surface area contributed by atoms with Crippen LogP contribution in [0.1, 0.15) is 19.8 Å². The number of carbonyl (C=O) groups is 1. The van der Waals surface area contributed by atoms with Crippen molar-refractivity contribution < 1.29 is 4.79 Å². The second-order valence-electron chi connectivity index (χ2n) is 2.69. The highest BCUT2D eigenvalue weighted by Crippen LogP contribution is 2.05. The molecule has 74 valence electrons. The van der Waals surface area contributed by atoms with E-state index in [0.29, 0.717) is 13.1 Å². The quantitative estimate of drug-likeness (QED) is 0.358. The molecule has 0 heterocycles. The number of aldehydes is 1. The van der Waals surface area contributed by atoms with Crippen LogP contribution in [0.5, 0.6) is 0 Å². The van der Waals surface area contributed by atoms with E-state index in [4.69, 9.17) is 5.73 Å². The molecule has 0 aliphatic heterocycles. The average molecular weight is 183 g/mol. The molecule has 1 atom stereocenters. The van der Waals surface area contributed by atoms with Crippen LogP contribution >= 0.6 is 0 Å². The highest BCUT2D eigenvalue weighted by atomic mass is 16.1. The fourth-order valence-electron chi connectivity index (χ4n) is 0.965.